The summed E-state index contributed by atoms with van der Waals surface area (Å²) >= 11 is 0. The van der Waals surface area contributed by atoms with Gasteiger partial charge in [0.05, 0.1) is 11.4 Å². The molecule has 0 radical (unpaired) electrons. The first kappa shape index (κ1) is 13.9. The number of hydrogen-bond donors (Lipinski definition) is 1. The molecule has 0 aliphatic carbocycles. The average molecular weight is 282 g/mol. The van der Waals surface area contributed by atoms with E-state index in [1.807, 2.05) is 4.90 Å². The topological polar surface area (TPSA) is 66.5 Å². The van der Waals surface area contributed by atoms with E-state index in [0.29, 0.717) is 0 Å². The molecule has 1 N–H and O–H groups in total. The van der Waals surface area contributed by atoms with Gasteiger partial charge in [-0.1, -0.05) is 0 Å². The van der Waals surface area contributed by atoms with Gasteiger partial charge in [-0.05, 0) is 37.1 Å². The molecule has 0 spiro atoms. The summed E-state index contributed by atoms with van der Waals surface area (Å²) in [6.45, 7) is 1.93. The number of hydrogen-bond acceptors (Lipinski definition) is 4. The molecular weight excluding hydrogens is 264 g/mol. The number of carbonyl (C=O) groups excluding carboxylic acids is 1. The van der Waals surface area contributed by atoms with Crippen LogP contribution >= 0.6 is 0 Å². The average Bonchev–Trinajstić information content (AvgIpc) is 2.89. The first-order valence-electron chi connectivity index (χ1n) is 6.28. The highest BCUT2D eigenvalue weighted by Gasteiger charge is 2.17. The van der Waals surface area contributed by atoms with Crippen molar-refractivity contribution in [3.05, 3.63) is 24.3 Å². The van der Waals surface area contributed by atoms with Crippen LogP contribution in [-0.2, 0) is 14.6 Å². The Bertz CT molecular complexity index is 546. The number of likely N-dealkylation sites (tertiary alicyclic amines) is 1. The molecule has 104 valence electrons. The summed E-state index contributed by atoms with van der Waals surface area (Å²) in [6, 6.07) is 6.43. The largest absolute Gasteiger partial charge is 0.376 e. The predicted molar refractivity (Wildman–Crippen MR) is 73.9 cm³/mol. The van der Waals surface area contributed by atoms with Gasteiger partial charge in [0.25, 0.3) is 0 Å². The van der Waals surface area contributed by atoms with Crippen LogP contribution in [0.1, 0.15) is 12.8 Å². The van der Waals surface area contributed by atoms with Crippen LogP contribution in [0.5, 0.6) is 0 Å². The molecule has 0 atom stereocenters. The lowest BCUT2D eigenvalue weighted by molar-refractivity contribution is -0.128. The van der Waals surface area contributed by atoms with Crippen LogP contribution in [0.25, 0.3) is 0 Å². The smallest absolute Gasteiger partial charge is 0.241 e. The first-order valence-corrected chi connectivity index (χ1v) is 8.18. The molecule has 0 saturated carbocycles. The summed E-state index contributed by atoms with van der Waals surface area (Å²) in [5.74, 6) is 0.0877. The number of carbonyl (C=O) groups is 1. The van der Waals surface area contributed by atoms with Crippen LogP contribution < -0.4 is 5.32 Å². The van der Waals surface area contributed by atoms with E-state index < -0.39 is 9.84 Å². The highest BCUT2D eigenvalue weighted by atomic mass is 32.2. The molecular formula is C13H18N2O3S. The second kappa shape index (κ2) is 5.61. The number of anilines is 1. The van der Waals surface area contributed by atoms with Gasteiger partial charge < -0.3 is 10.2 Å². The van der Waals surface area contributed by atoms with Crippen LogP contribution in [-0.4, -0.2) is 45.1 Å². The second-order valence-corrected chi connectivity index (χ2v) is 6.75. The van der Waals surface area contributed by atoms with Crippen molar-refractivity contribution in [1.82, 2.24) is 4.90 Å². The number of sulfone groups is 1. The number of nitrogens with one attached hydrogen (secondary N) is 1. The third-order valence-corrected chi connectivity index (χ3v) is 4.31. The van der Waals surface area contributed by atoms with Crippen LogP contribution in [0, 0.1) is 0 Å². The lowest BCUT2D eigenvalue weighted by atomic mass is 10.3. The Morgan fingerprint density at radius 1 is 1.21 bits per heavy atom. The van der Waals surface area contributed by atoms with E-state index in [-0.39, 0.29) is 17.3 Å². The summed E-state index contributed by atoms with van der Waals surface area (Å²) in [5, 5.41) is 3.01. The Hall–Kier alpha value is -1.56. The predicted octanol–water partition coefficient (Wildman–Crippen LogP) is 1.12. The molecule has 1 heterocycles. The molecule has 6 heteroatoms. The summed E-state index contributed by atoms with van der Waals surface area (Å²) in [7, 11) is -3.17. The van der Waals surface area contributed by atoms with Crippen LogP contribution in [0.2, 0.25) is 0 Å². The quantitative estimate of drug-likeness (QED) is 0.899. The molecule has 1 aliphatic heterocycles. The number of amides is 1. The van der Waals surface area contributed by atoms with Gasteiger partial charge in [-0.15, -0.1) is 0 Å². The SMILES string of the molecule is CS(=O)(=O)c1ccc(NCC(=O)N2CCCC2)cc1. The number of nitrogens with zero attached hydrogens (tertiary/aromatic N) is 1. The number of benzene rings is 1. The molecule has 5 nitrogen and oxygen atoms in total. The van der Waals surface area contributed by atoms with Gasteiger partial charge in [0.2, 0.25) is 5.91 Å². The zero-order valence-electron chi connectivity index (χ0n) is 10.9. The molecule has 1 aliphatic rings. The monoisotopic (exact) mass is 282 g/mol. The van der Waals surface area contributed by atoms with E-state index in [4.69, 9.17) is 0 Å². The van der Waals surface area contributed by atoms with Crippen molar-refractivity contribution < 1.29 is 13.2 Å². The summed E-state index contributed by atoms with van der Waals surface area (Å²) in [4.78, 5) is 13.9. The molecule has 1 fully saturated rings. The maximum absolute atomic E-state index is 11.8. The molecule has 2 rings (SSSR count). The third kappa shape index (κ3) is 3.70. The Balaban J connectivity index is 1.91. The molecule has 1 aromatic rings. The van der Waals surface area contributed by atoms with Gasteiger partial charge in [-0.2, -0.15) is 0 Å². The van der Waals surface area contributed by atoms with Crippen molar-refractivity contribution in [1.29, 1.82) is 0 Å². The first-order chi connectivity index (χ1) is 8.97. The van der Waals surface area contributed by atoms with Crippen molar-refractivity contribution in [3.63, 3.8) is 0 Å². The minimum Gasteiger partial charge on any atom is -0.376 e. The van der Waals surface area contributed by atoms with Crippen molar-refractivity contribution in [2.75, 3.05) is 31.2 Å². The van der Waals surface area contributed by atoms with E-state index in [0.717, 1.165) is 31.6 Å². The van der Waals surface area contributed by atoms with Gasteiger partial charge in [-0.25, -0.2) is 8.42 Å². The fraction of sp³-hybridized carbons (Fsp3) is 0.462. The highest BCUT2D eigenvalue weighted by Crippen LogP contribution is 2.14. The fourth-order valence-electron chi connectivity index (χ4n) is 2.08. The van der Waals surface area contributed by atoms with E-state index in [1.165, 1.54) is 18.4 Å². The summed E-state index contributed by atoms with van der Waals surface area (Å²) in [6.07, 6.45) is 3.33. The molecule has 19 heavy (non-hydrogen) atoms. The molecule has 1 saturated heterocycles. The van der Waals surface area contributed by atoms with Gasteiger partial charge in [-0.3, -0.25) is 4.79 Å². The summed E-state index contributed by atoms with van der Waals surface area (Å²) in [5.41, 5.74) is 0.750. The maximum atomic E-state index is 11.8. The van der Waals surface area contributed by atoms with Crippen molar-refractivity contribution in [3.8, 4) is 0 Å². The van der Waals surface area contributed by atoms with Gasteiger partial charge in [0, 0.05) is 25.0 Å². The molecule has 1 aromatic carbocycles. The minimum atomic E-state index is -3.17. The van der Waals surface area contributed by atoms with E-state index in [9.17, 15) is 13.2 Å². The van der Waals surface area contributed by atoms with Crippen LogP contribution in [0.4, 0.5) is 5.69 Å². The van der Waals surface area contributed by atoms with Crippen LogP contribution in [0.15, 0.2) is 29.2 Å². The van der Waals surface area contributed by atoms with Gasteiger partial charge >= 0.3 is 0 Å². The minimum absolute atomic E-state index is 0.0877. The second-order valence-electron chi connectivity index (χ2n) is 4.74. The summed E-state index contributed by atoms with van der Waals surface area (Å²) < 4.78 is 22.6. The van der Waals surface area contributed by atoms with E-state index in [1.54, 1.807) is 12.1 Å². The van der Waals surface area contributed by atoms with Crippen LogP contribution in [0.3, 0.4) is 0 Å². The van der Waals surface area contributed by atoms with Gasteiger partial charge in [0.15, 0.2) is 9.84 Å². The molecule has 0 unspecified atom stereocenters. The Morgan fingerprint density at radius 2 is 1.79 bits per heavy atom. The fourth-order valence-corrected chi connectivity index (χ4v) is 2.71. The molecule has 0 bridgehead atoms. The maximum Gasteiger partial charge on any atom is 0.241 e. The van der Waals surface area contributed by atoms with Gasteiger partial charge in [0.1, 0.15) is 0 Å². The zero-order chi connectivity index (χ0) is 13.9. The number of rotatable bonds is 4. The highest BCUT2D eigenvalue weighted by molar-refractivity contribution is 7.90. The zero-order valence-corrected chi connectivity index (χ0v) is 11.7. The van der Waals surface area contributed by atoms with E-state index in [2.05, 4.69) is 5.32 Å². The van der Waals surface area contributed by atoms with Crippen molar-refractivity contribution in [2.45, 2.75) is 17.7 Å². The lowest BCUT2D eigenvalue weighted by Gasteiger charge is -2.16. The molecule has 0 aromatic heterocycles. The van der Waals surface area contributed by atoms with Crippen molar-refractivity contribution in [2.24, 2.45) is 0 Å². The lowest BCUT2D eigenvalue weighted by Crippen LogP contribution is -2.32. The molecule has 1 amide bonds. The Morgan fingerprint density at radius 3 is 2.32 bits per heavy atom. The Labute approximate surface area is 113 Å². The van der Waals surface area contributed by atoms with Crippen molar-refractivity contribution >= 4 is 21.4 Å². The standard InChI is InChI=1S/C13H18N2O3S/c1-19(17,18)12-6-4-11(5-7-12)14-10-13(16)15-8-2-3-9-15/h4-7,14H,2-3,8-10H2,1H3. The van der Waals surface area contributed by atoms with E-state index >= 15 is 0 Å². The Kier molecular flexibility index (Phi) is 4.09. The normalized spacial score (nSPS) is 15.5. The third-order valence-electron chi connectivity index (χ3n) is 3.18.